The molecule has 0 radical (unpaired) electrons. The van der Waals surface area contributed by atoms with E-state index < -0.39 is 0 Å². The van der Waals surface area contributed by atoms with Gasteiger partial charge < -0.3 is 14.2 Å². The van der Waals surface area contributed by atoms with Gasteiger partial charge in [0.2, 0.25) is 0 Å². The molecule has 0 unspecified atom stereocenters. The third kappa shape index (κ3) is 5.89. The molecule has 8 nitrogen and oxygen atoms in total. The van der Waals surface area contributed by atoms with Gasteiger partial charge in [-0.25, -0.2) is 13.8 Å². The van der Waals surface area contributed by atoms with Crippen molar-refractivity contribution in [3.05, 3.63) is 106 Å². The Morgan fingerprint density at radius 2 is 1.60 bits per heavy atom. The highest BCUT2D eigenvalue weighted by Gasteiger charge is 2.39. The Balaban J connectivity index is 1.45. The van der Waals surface area contributed by atoms with E-state index in [9.17, 15) is 18.8 Å². The van der Waals surface area contributed by atoms with E-state index in [2.05, 4.69) is 32.7 Å². The summed E-state index contributed by atoms with van der Waals surface area (Å²) in [6.45, 7) is 6.98. The van der Waals surface area contributed by atoms with Gasteiger partial charge in [-0.3, -0.25) is 14.6 Å². The number of aryl methyl sites for hydroxylation is 1. The molecule has 2 aliphatic rings. The zero-order chi connectivity index (χ0) is 30.1. The second-order valence-electron chi connectivity index (χ2n) is 11.4. The average molecular weight is 585 g/mol. The van der Waals surface area contributed by atoms with Crippen molar-refractivity contribution in [3.63, 3.8) is 0 Å². The van der Waals surface area contributed by atoms with Crippen LogP contribution in [0.1, 0.15) is 29.8 Å². The minimum Gasteiger partial charge on any atom is -0.379 e. The van der Waals surface area contributed by atoms with Crippen LogP contribution in [0, 0.1) is 23.0 Å². The predicted molar refractivity (Wildman–Crippen MR) is 161 cm³/mol. The lowest BCUT2D eigenvalue weighted by Gasteiger charge is -2.51. The number of hydrogen-bond donors (Lipinski definition) is 0. The molecule has 0 amide bonds. The standard InChI is InChI=1S/C33H34F2N6O2/c1-22-19-41(33(23-3-7-25(34)8-4-23)24-5-9-26(35)10-6-24)28(20-39-13-15-43-16-14-39)21-40(22)30-17-31(42)38(2)29-12-11-27(18-36)37-32(29)30/h3-12,17,22,28,33H,13-16,19-21H2,1-2H3/t22-,28+/m0/s1. The molecule has 4 heterocycles. The van der Waals surface area contributed by atoms with Crippen LogP contribution in [-0.2, 0) is 11.8 Å². The van der Waals surface area contributed by atoms with Gasteiger partial charge in [-0.05, 0) is 54.4 Å². The van der Waals surface area contributed by atoms with Crippen LogP contribution in [0.2, 0.25) is 0 Å². The van der Waals surface area contributed by atoms with Crippen molar-refractivity contribution in [2.24, 2.45) is 7.05 Å². The summed E-state index contributed by atoms with van der Waals surface area (Å²) >= 11 is 0. The third-order valence-electron chi connectivity index (χ3n) is 8.65. The number of nitrogens with zero attached hydrogens (tertiary/aromatic N) is 6. The first-order chi connectivity index (χ1) is 20.8. The predicted octanol–water partition coefficient (Wildman–Crippen LogP) is 4.08. The van der Waals surface area contributed by atoms with Crippen LogP contribution in [0.5, 0.6) is 0 Å². The Morgan fingerprint density at radius 1 is 0.977 bits per heavy atom. The molecular weight excluding hydrogens is 550 g/mol. The van der Waals surface area contributed by atoms with Crippen molar-refractivity contribution in [1.82, 2.24) is 19.4 Å². The average Bonchev–Trinajstić information content (AvgIpc) is 3.02. The number of morpholine rings is 1. The zero-order valence-electron chi connectivity index (χ0n) is 24.3. The smallest absolute Gasteiger partial charge is 0.252 e. The van der Waals surface area contributed by atoms with Gasteiger partial charge in [-0.1, -0.05) is 24.3 Å². The summed E-state index contributed by atoms with van der Waals surface area (Å²) in [6, 6.07) is 19.9. The molecular formula is C33H34F2N6O2. The van der Waals surface area contributed by atoms with Gasteiger partial charge in [0.1, 0.15) is 28.9 Å². The fourth-order valence-electron chi connectivity index (χ4n) is 6.42. The molecule has 0 saturated carbocycles. The highest BCUT2D eigenvalue weighted by atomic mass is 19.1. The molecule has 10 heteroatoms. The molecule has 0 spiro atoms. The SMILES string of the molecule is C[C@H]1CN(C(c2ccc(F)cc2)c2ccc(F)cc2)[C@H](CN2CCOCC2)CN1c1cc(=O)n(C)c2ccc(C#N)nc12. The maximum atomic E-state index is 14.0. The van der Waals surface area contributed by atoms with Crippen molar-refractivity contribution in [2.75, 3.05) is 50.8 Å². The van der Waals surface area contributed by atoms with E-state index in [-0.39, 0.29) is 41.0 Å². The minimum absolute atomic E-state index is 0.0207. The van der Waals surface area contributed by atoms with Crippen LogP contribution in [0.3, 0.4) is 0 Å². The van der Waals surface area contributed by atoms with E-state index in [1.807, 2.05) is 0 Å². The zero-order valence-corrected chi connectivity index (χ0v) is 24.3. The van der Waals surface area contributed by atoms with E-state index in [4.69, 9.17) is 4.74 Å². The second-order valence-corrected chi connectivity index (χ2v) is 11.4. The number of fused-ring (bicyclic) bond motifs is 1. The van der Waals surface area contributed by atoms with Crippen LogP contribution >= 0.6 is 0 Å². The molecule has 2 aliphatic heterocycles. The quantitative estimate of drug-likeness (QED) is 0.338. The second kappa shape index (κ2) is 12.2. The van der Waals surface area contributed by atoms with Gasteiger partial charge in [-0.2, -0.15) is 5.26 Å². The Bertz CT molecular complexity index is 1650. The van der Waals surface area contributed by atoms with Crippen LogP contribution in [0.25, 0.3) is 11.0 Å². The van der Waals surface area contributed by atoms with Crippen molar-refractivity contribution in [3.8, 4) is 6.07 Å². The summed E-state index contributed by atoms with van der Waals surface area (Å²) < 4.78 is 35.2. The highest BCUT2D eigenvalue weighted by Crippen LogP contribution is 2.36. The summed E-state index contributed by atoms with van der Waals surface area (Å²) in [4.78, 5) is 24.8. The van der Waals surface area contributed by atoms with Crippen molar-refractivity contribution < 1.29 is 13.5 Å². The lowest BCUT2D eigenvalue weighted by molar-refractivity contribution is 0.0137. The van der Waals surface area contributed by atoms with Gasteiger partial charge in [0, 0.05) is 57.9 Å². The molecule has 6 rings (SSSR count). The number of nitriles is 1. The lowest BCUT2D eigenvalue weighted by Crippen LogP contribution is -2.62. The van der Waals surface area contributed by atoms with Crippen molar-refractivity contribution >= 4 is 16.7 Å². The maximum Gasteiger partial charge on any atom is 0.252 e. The fourth-order valence-corrected chi connectivity index (χ4v) is 6.42. The number of anilines is 1. The molecule has 43 heavy (non-hydrogen) atoms. The Hall–Kier alpha value is -4.17. The summed E-state index contributed by atoms with van der Waals surface area (Å²) in [5, 5.41) is 9.58. The molecule has 2 fully saturated rings. The minimum atomic E-state index is -0.313. The third-order valence-corrected chi connectivity index (χ3v) is 8.65. The summed E-state index contributed by atoms with van der Waals surface area (Å²) in [5.74, 6) is -0.627. The molecule has 0 aliphatic carbocycles. The summed E-state index contributed by atoms with van der Waals surface area (Å²) in [6.07, 6.45) is 0. The Kier molecular flexibility index (Phi) is 8.21. The van der Waals surface area contributed by atoms with Gasteiger partial charge in [0.05, 0.1) is 30.5 Å². The lowest BCUT2D eigenvalue weighted by atomic mass is 9.92. The van der Waals surface area contributed by atoms with Gasteiger partial charge in [0.25, 0.3) is 5.56 Å². The number of piperazine rings is 1. The Labute approximate surface area is 249 Å². The molecule has 2 aromatic heterocycles. The first-order valence-electron chi connectivity index (χ1n) is 14.6. The van der Waals surface area contributed by atoms with Crippen LogP contribution in [0.15, 0.2) is 71.5 Å². The maximum absolute atomic E-state index is 14.0. The topological polar surface area (TPSA) is 77.6 Å². The molecule has 2 aromatic carbocycles. The normalized spacial score (nSPS) is 20.0. The van der Waals surface area contributed by atoms with E-state index in [1.54, 1.807) is 54.1 Å². The molecule has 2 atom stereocenters. The molecule has 4 aromatic rings. The number of ether oxygens (including phenoxy) is 1. The van der Waals surface area contributed by atoms with Crippen LogP contribution in [-0.4, -0.2) is 77.4 Å². The molecule has 0 N–H and O–H groups in total. The van der Waals surface area contributed by atoms with Gasteiger partial charge in [-0.15, -0.1) is 0 Å². The van der Waals surface area contributed by atoms with E-state index in [1.165, 1.54) is 24.3 Å². The largest absolute Gasteiger partial charge is 0.379 e. The van der Waals surface area contributed by atoms with Gasteiger partial charge >= 0.3 is 0 Å². The molecule has 222 valence electrons. The number of pyridine rings is 2. The van der Waals surface area contributed by atoms with Crippen molar-refractivity contribution in [2.45, 2.75) is 25.0 Å². The first kappa shape index (κ1) is 28.9. The first-order valence-corrected chi connectivity index (χ1v) is 14.6. The van der Waals surface area contributed by atoms with Gasteiger partial charge in [0.15, 0.2) is 0 Å². The monoisotopic (exact) mass is 584 g/mol. The van der Waals surface area contributed by atoms with Crippen molar-refractivity contribution in [1.29, 1.82) is 5.26 Å². The number of halogens is 2. The fraction of sp³-hybridized carbons (Fsp3) is 0.364. The molecule has 2 saturated heterocycles. The van der Waals surface area contributed by atoms with E-state index >= 15 is 0 Å². The van der Waals surface area contributed by atoms with Crippen LogP contribution < -0.4 is 10.5 Å². The molecule has 0 bridgehead atoms. The van der Waals surface area contributed by atoms with E-state index in [0.717, 1.165) is 30.8 Å². The number of benzene rings is 2. The number of rotatable bonds is 6. The summed E-state index contributed by atoms with van der Waals surface area (Å²) in [7, 11) is 1.71. The highest BCUT2D eigenvalue weighted by molar-refractivity contribution is 5.89. The Morgan fingerprint density at radius 3 is 2.21 bits per heavy atom. The summed E-state index contributed by atoms with van der Waals surface area (Å²) in [5.41, 5.74) is 3.95. The number of aromatic nitrogens is 2. The van der Waals surface area contributed by atoms with E-state index in [0.29, 0.717) is 43.0 Å². The number of hydrogen-bond acceptors (Lipinski definition) is 7. The van der Waals surface area contributed by atoms with Crippen LogP contribution in [0.4, 0.5) is 14.5 Å².